The predicted molar refractivity (Wildman–Crippen MR) is 70.7 cm³/mol. The van der Waals surface area contributed by atoms with Gasteiger partial charge in [0.15, 0.2) is 0 Å². The van der Waals surface area contributed by atoms with Gasteiger partial charge in [0.1, 0.15) is 0 Å². The van der Waals surface area contributed by atoms with Gasteiger partial charge in [0.25, 0.3) is 0 Å². The van der Waals surface area contributed by atoms with Crippen LogP contribution in [0.15, 0.2) is 0 Å². The number of hydrogen-bond donors (Lipinski definition) is 0. The highest BCUT2D eigenvalue weighted by Gasteiger charge is 2.28. The number of halogens is 1. The Bertz CT molecular complexity index is 213. The standard InChI is InChI=1S/C11H20BrNOS/c1-13(11(14)7-8-15-2)10-6-4-3-5-9(10)12/h9-10H,3-8H2,1-2H3. The quantitative estimate of drug-likeness (QED) is 0.743. The van der Waals surface area contributed by atoms with Crippen LogP contribution in [0.2, 0.25) is 0 Å². The Morgan fingerprint density at radius 3 is 2.73 bits per heavy atom. The third-order valence-electron chi connectivity index (χ3n) is 3.06. The minimum absolute atomic E-state index is 0.292. The van der Waals surface area contributed by atoms with Gasteiger partial charge in [0, 0.05) is 30.1 Å². The second-order valence-corrected chi connectivity index (χ2v) is 6.28. The van der Waals surface area contributed by atoms with Crippen LogP contribution in [0.25, 0.3) is 0 Å². The summed E-state index contributed by atoms with van der Waals surface area (Å²) in [6, 6.07) is 0.410. The van der Waals surface area contributed by atoms with Gasteiger partial charge in [-0.1, -0.05) is 28.8 Å². The summed E-state index contributed by atoms with van der Waals surface area (Å²) in [7, 11) is 1.95. The first-order chi connectivity index (χ1) is 7.16. The lowest BCUT2D eigenvalue weighted by atomic mass is 9.94. The third kappa shape index (κ3) is 3.99. The zero-order valence-corrected chi connectivity index (χ0v) is 11.9. The molecule has 0 aromatic heterocycles. The fraction of sp³-hybridized carbons (Fsp3) is 0.909. The molecule has 0 saturated heterocycles. The molecule has 2 nitrogen and oxygen atoms in total. The van der Waals surface area contributed by atoms with Crippen molar-refractivity contribution < 1.29 is 4.79 Å². The minimum Gasteiger partial charge on any atom is -0.342 e. The first kappa shape index (κ1) is 13.4. The molecule has 0 aromatic rings. The average Bonchev–Trinajstić information content (AvgIpc) is 2.25. The van der Waals surface area contributed by atoms with Crippen LogP contribution in [0.1, 0.15) is 32.1 Å². The van der Waals surface area contributed by atoms with E-state index in [0.29, 0.717) is 23.2 Å². The summed E-state index contributed by atoms with van der Waals surface area (Å²) in [5, 5.41) is 0. The molecule has 0 bridgehead atoms. The molecule has 1 amide bonds. The molecule has 88 valence electrons. The first-order valence-electron chi connectivity index (χ1n) is 5.55. The number of rotatable bonds is 4. The van der Waals surface area contributed by atoms with Crippen LogP contribution >= 0.6 is 27.7 Å². The lowest BCUT2D eigenvalue weighted by molar-refractivity contribution is -0.131. The Kier molecular flexibility index (Phi) is 6.05. The topological polar surface area (TPSA) is 20.3 Å². The van der Waals surface area contributed by atoms with Crippen LogP contribution in [-0.4, -0.2) is 40.7 Å². The van der Waals surface area contributed by atoms with E-state index in [0.717, 1.165) is 12.2 Å². The van der Waals surface area contributed by atoms with Gasteiger partial charge in [-0.15, -0.1) is 0 Å². The van der Waals surface area contributed by atoms with Crippen molar-refractivity contribution >= 4 is 33.6 Å². The van der Waals surface area contributed by atoms with Crippen molar-refractivity contribution in [2.24, 2.45) is 0 Å². The fourth-order valence-electron chi connectivity index (χ4n) is 2.05. The van der Waals surface area contributed by atoms with E-state index < -0.39 is 0 Å². The molecule has 2 unspecified atom stereocenters. The van der Waals surface area contributed by atoms with Crippen LogP contribution in [0, 0.1) is 0 Å². The van der Waals surface area contributed by atoms with E-state index in [2.05, 4.69) is 15.9 Å². The van der Waals surface area contributed by atoms with E-state index in [4.69, 9.17) is 0 Å². The van der Waals surface area contributed by atoms with Crippen LogP contribution in [0.3, 0.4) is 0 Å². The van der Waals surface area contributed by atoms with Crippen molar-refractivity contribution in [2.45, 2.75) is 43.0 Å². The summed E-state index contributed by atoms with van der Waals surface area (Å²) in [6.07, 6.45) is 7.61. The molecule has 1 fully saturated rings. The van der Waals surface area contributed by atoms with Gasteiger partial charge >= 0.3 is 0 Å². The summed E-state index contributed by atoms with van der Waals surface area (Å²) in [4.78, 5) is 14.3. The summed E-state index contributed by atoms with van der Waals surface area (Å²) in [5.41, 5.74) is 0. The second-order valence-electron chi connectivity index (χ2n) is 4.12. The SMILES string of the molecule is CSCCC(=O)N(C)C1CCCCC1Br. The Morgan fingerprint density at radius 1 is 1.47 bits per heavy atom. The molecule has 1 aliphatic carbocycles. The maximum absolute atomic E-state index is 11.8. The summed E-state index contributed by atoms with van der Waals surface area (Å²) in [5.74, 6) is 1.23. The zero-order chi connectivity index (χ0) is 11.3. The van der Waals surface area contributed by atoms with E-state index in [9.17, 15) is 4.79 Å². The van der Waals surface area contributed by atoms with Crippen LogP contribution in [0.4, 0.5) is 0 Å². The van der Waals surface area contributed by atoms with Gasteiger partial charge in [0.2, 0.25) is 5.91 Å². The molecule has 15 heavy (non-hydrogen) atoms. The molecule has 0 aliphatic heterocycles. The van der Waals surface area contributed by atoms with Crippen molar-refractivity contribution in [1.29, 1.82) is 0 Å². The molecule has 4 heteroatoms. The van der Waals surface area contributed by atoms with Crippen LogP contribution in [-0.2, 0) is 4.79 Å². The van der Waals surface area contributed by atoms with E-state index in [-0.39, 0.29) is 0 Å². The molecule has 0 spiro atoms. The van der Waals surface area contributed by atoms with Crippen LogP contribution in [0.5, 0.6) is 0 Å². The lowest BCUT2D eigenvalue weighted by Gasteiger charge is -2.35. The van der Waals surface area contributed by atoms with Gasteiger partial charge in [-0.05, 0) is 19.1 Å². The third-order valence-corrected chi connectivity index (χ3v) is 4.74. The van der Waals surface area contributed by atoms with Gasteiger partial charge in [-0.3, -0.25) is 4.79 Å². The maximum Gasteiger partial charge on any atom is 0.223 e. The second kappa shape index (κ2) is 6.79. The highest BCUT2D eigenvalue weighted by Crippen LogP contribution is 2.28. The Balaban J connectivity index is 2.42. The van der Waals surface area contributed by atoms with Gasteiger partial charge < -0.3 is 4.90 Å². The van der Waals surface area contributed by atoms with Gasteiger partial charge in [-0.25, -0.2) is 0 Å². The monoisotopic (exact) mass is 293 g/mol. The summed E-state index contributed by atoms with van der Waals surface area (Å²) < 4.78 is 0. The average molecular weight is 294 g/mol. The largest absolute Gasteiger partial charge is 0.342 e. The Labute approximate surface area is 105 Å². The van der Waals surface area contributed by atoms with E-state index >= 15 is 0 Å². The van der Waals surface area contributed by atoms with Crippen molar-refractivity contribution in [1.82, 2.24) is 4.90 Å². The summed E-state index contributed by atoms with van der Waals surface area (Å²) in [6.45, 7) is 0. The molecule has 0 aromatic carbocycles. The van der Waals surface area contributed by atoms with Crippen LogP contribution < -0.4 is 0 Å². The number of carbonyl (C=O) groups is 1. The van der Waals surface area contributed by atoms with E-state index in [1.165, 1.54) is 19.3 Å². The maximum atomic E-state index is 11.8. The molecule has 0 N–H and O–H groups in total. The van der Waals surface area contributed by atoms with Gasteiger partial charge in [-0.2, -0.15) is 11.8 Å². The highest BCUT2D eigenvalue weighted by atomic mass is 79.9. The molecule has 1 aliphatic rings. The van der Waals surface area contributed by atoms with Crippen molar-refractivity contribution in [3.63, 3.8) is 0 Å². The normalized spacial score (nSPS) is 26.3. The zero-order valence-electron chi connectivity index (χ0n) is 9.54. The highest BCUT2D eigenvalue weighted by molar-refractivity contribution is 9.09. The number of amides is 1. The first-order valence-corrected chi connectivity index (χ1v) is 7.86. The molecular formula is C11H20BrNOS. The summed E-state index contributed by atoms with van der Waals surface area (Å²) >= 11 is 5.43. The van der Waals surface area contributed by atoms with E-state index in [1.807, 2.05) is 18.2 Å². The number of nitrogens with zero attached hydrogens (tertiary/aromatic N) is 1. The molecular weight excluding hydrogens is 274 g/mol. The molecule has 2 atom stereocenters. The van der Waals surface area contributed by atoms with Crippen molar-refractivity contribution in [2.75, 3.05) is 19.1 Å². The Hall–Kier alpha value is 0.300. The minimum atomic E-state index is 0.292. The number of hydrogen-bond acceptors (Lipinski definition) is 2. The number of thioether (sulfide) groups is 1. The lowest BCUT2D eigenvalue weighted by Crippen LogP contribution is -2.44. The predicted octanol–water partition coefficient (Wildman–Crippen LogP) is 2.90. The van der Waals surface area contributed by atoms with E-state index in [1.54, 1.807) is 11.8 Å². The Morgan fingerprint density at radius 2 is 2.13 bits per heavy atom. The molecule has 0 heterocycles. The molecule has 1 rings (SSSR count). The number of alkyl halides is 1. The van der Waals surface area contributed by atoms with Crippen molar-refractivity contribution in [3.8, 4) is 0 Å². The van der Waals surface area contributed by atoms with Crippen molar-refractivity contribution in [3.05, 3.63) is 0 Å². The number of carbonyl (C=O) groups excluding carboxylic acids is 1. The molecule has 1 saturated carbocycles. The van der Waals surface area contributed by atoms with Gasteiger partial charge in [0.05, 0.1) is 0 Å². The smallest absolute Gasteiger partial charge is 0.223 e. The fourth-order valence-corrected chi connectivity index (χ4v) is 3.37. The molecule has 0 radical (unpaired) electrons.